The second kappa shape index (κ2) is 10.7. The zero-order valence-corrected chi connectivity index (χ0v) is 19.8. The fraction of sp³-hybridized carbons (Fsp3) is 0.400. The average molecular weight is 456 g/mol. The van der Waals surface area contributed by atoms with Gasteiger partial charge in [-0.3, -0.25) is 14.2 Å². The summed E-state index contributed by atoms with van der Waals surface area (Å²) in [6.07, 6.45) is 1.36. The third kappa shape index (κ3) is 5.03. The Kier molecular flexibility index (Phi) is 8.04. The first-order valence-corrected chi connectivity index (χ1v) is 11.3. The van der Waals surface area contributed by atoms with Crippen molar-refractivity contribution in [1.82, 2.24) is 14.5 Å². The highest BCUT2D eigenvalue weighted by molar-refractivity contribution is 6.31. The first kappa shape index (κ1) is 24.0. The number of methoxy groups -OCH3 is 1. The van der Waals surface area contributed by atoms with Gasteiger partial charge in [-0.2, -0.15) is 0 Å². The van der Waals surface area contributed by atoms with Gasteiger partial charge in [0.15, 0.2) is 0 Å². The van der Waals surface area contributed by atoms with Crippen LogP contribution in [0.15, 0.2) is 53.3 Å². The lowest BCUT2D eigenvalue weighted by Gasteiger charge is -2.33. The van der Waals surface area contributed by atoms with Gasteiger partial charge in [-0.05, 0) is 43.5 Å². The Morgan fingerprint density at radius 3 is 2.59 bits per heavy atom. The summed E-state index contributed by atoms with van der Waals surface area (Å²) in [5.74, 6) is 0.273. The smallest absolute Gasteiger partial charge is 0.261 e. The molecular weight excluding hydrogens is 426 g/mol. The van der Waals surface area contributed by atoms with E-state index >= 15 is 0 Å². The number of ether oxygens (including phenoxy) is 1. The Morgan fingerprint density at radius 2 is 1.94 bits per heavy atom. The van der Waals surface area contributed by atoms with E-state index in [1.807, 2.05) is 49.1 Å². The number of hydrogen-bond donors (Lipinski definition) is 0. The molecule has 0 fully saturated rings. The van der Waals surface area contributed by atoms with Crippen LogP contribution in [-0.2, 0) is 16.6 Å². The Labute approximate surface area is 193 Å². The summed E-state index contributed by atoms with van der Waals surface area (Å²) >= 11 is 6.14. The van der Waals surface area contributed by atoms with E-state index in [4.69, 9.17) is 21.3 Å². The summed E-state index contributed by atoms with van der Waals surface area (Å²) in [7, 11) is 3.34. The first-order chi connectivity index (χ1) is 15.4. The standard InChI is InChI=1S/C25H30ClN3O3/c1-5-20(18-10-7-6-8-11-18)25(31)29(14-9-15-32-4)17(2)23-27-22-16-19(26)12-13-21(22)24(30)28(23)3/h6-8,10-13,16-17,20H,5,9,14-15H2,1-4H3. The molecule has 0 aliphatic heterocycles. The molecule has 0 N–H and O–H groups in total. The predicted molar refractivity (Wildman–Crippen MR) is 128 cm³/mol. The van der Waals surface area contributed by atoms with Crippen LogP contribution in [0.4, 0.5) is 0 Å². The molecule has 1 aromatic heterocycles. The van der Waals surface area contributed by atoms with Gasteiger partial charge in [-0.25, -0.2) is 4.98 Å². The summed E-state index contributed by atoms with van der Waals surface area (Å²) in [6, 6.07) is 14.5. The number of rotatable bonds is 9. The Balaban J connectivity index is 2.04. The van der Waals surface area contributed by atoms with Crippen molar-refractivity contribution in [1.29, 1.82) is 0 Å². The van der Waals surface area contributed by atoms with Crippen molar-refractivity contribution >= 4 is 28.4 Å². The quantitative estimate of drug-likeness (QED) is 0.438. The highest BCUT2D eigenvalue weighted by Crippen LogP contribution is 2.28. The molecule has 0 radical (unpaired) electrons. The minimum absolute atomic E-state index is 0.0164. The largest absolute Gasteiger partial charge is 0.385 e. The number of aromatic nitrogens is 2. The molecule has 0 aliphatic rings. The summed E-state index contributed by atoms with van der Waals surface area (Å²) in [4.78, 5) is 33.3. The van der Waals surface area contributed by atoms with Gasteiger partial charge in [0.1, 0.15) is 5.82 Å². The first-order valence-electron chi connectivity index (χ1n) is 10.9. The fourth-order valence-corrected chi connectivity index (χ4v) is 4.25. The van der Waals surface area contributed by atoms with Crippen LogP contribution in [0.3, 0.4) is 0 Å². The van der Waals surface area contributed by atoms with Crippen LogP contribution in [0.1, 0.15) is 50.0 Å². The molecule has 2 atom stereocenters. The molecular formula is C25H30ClN3O3. The number of halogens is 1. The van der Waals surface area contributed by atoms with Crippen molar-refractivity contribution in [3.05, 3.63) is 75.3 Å². The van der Waals surface area contributed by atoms with Gasteiger partial charge in [-0.15, -0.1) is 0 Å². The molecule has 32 heavy (non-hydrogen) atoms. The van der Waals surface area contributed by atoms with Gasteiger partial charge >= 0.3 is 0 Å². The van der Waals surface area contributed by atoms with Crippen molar-refractivity contribution in [2.45, 2.75) is 38.6 Å². The van der Waals surface area contributed by atoms with Gasteiger partial charge in [0.2, 0.25) is 5.91 Å². The lowest BCUT2D eigenvalue weighted by Crippen LogP contribution is -2.40. The highest BCUT2D eigenvalue weighted by Gasteiger charge is 2.30. The molecule has 2 aromatic carbocycles. The third-order valence-corrected chi connectivity index (χ3v) is 6.09. The molecule has 3 aromatic rings. The molecule has 0 saturated carbocycles. The Hall–Kier alpha value is -2.70. The maximum absolute atomic E-state index is 13.7. The summed E-state index contributed by atoms with van der Waals surface area (Å²) in [5.41, 5.74) is 1.35. The molecule has 1 heterocycles. The van der Waals surface area contributed by atoms with Crippen LogP contribution in [0.5, 0.6) is 0 Å². The summed E-state index contributed by atoms with van der Waals surface area (Å²) in [5, 5.41) is 1.01. The molecule has 0 aliphatic carbocycles. The summed E-state index contributed by atoms with van der Waals surface area (Å²) < 4.78 is 6.75. The SMILES string of the molecule is CCC(C(=O)N(CCCOC)C(C)c1nc2cc(Cl)ccc2c(=O)n1C)c1ccccc1. The van der Waals surface area contributed by atoms with Gasteiger partial charge in [-0.1, -0.05) is 48.9 Å². The average Bonchev–Trinajstić information content (AvgIpc) is 2.79. The van der Waals surface area contributed by atoms with Crippen LogP contribution in [0, 0.1) is 0 Å². The van der Waals surface area contributed by atoms with E-state index in [0.717, 1.165) is 5.56 Å². The Bertz CT molecular complexity index is 1130. The van der Waals surface area contributed by atoms with Crippen molar-refractivity contribution in [2.24, 2.45) is 7.05 Å². The number of carbonyl (C=O) groups excluding carboxylic acids is 1. The molecule has 0 saturated heterocycles. The van der Waals surface area contributed by atoms with Crippen LogP contribution in [0.25, 0.3) is 10.9 Å². The number of carbonyl (C=O) groups is 1. The van der Waals surface area contributed by atoms with E-state index in [1.54, 1.807) is 32.4 Å². The second-order valence-electron chi connectivity index (χ2n) is 7.92. The molecule has 0 spiro atoms. The van der Waals surface area contributed by atoms with E-state index in [9.17, 15) is 9.59 Å². The van der Waals surface area contributed by atoms with Crippen molar-refractivity contribution in [2.75, 3.05) is 20.3 Å². The maximum Gasteiger partial charge on any atom is 0.261 e. The van der Waals surface area contributed by atoms with Crippen LogP contribution >= 0.6 is 11.6 Å². The molecule has 3 rings (SSSR count). The Morgan fingerprint density at radius 1 is 1.22 bits per heavy atom. The highest BCUT2D eigenvalue weighted by atomic mass is 35.5. The molecule has 7 heteroatoms. The number of amides is 1. The zero-order chi connectivity index (χ0) is 23.3. The lowest BCUT2D eigenvalue weighted by molar-refractivity contribution is -0.135. The fourth-order valence-electron chi connectivity index (χ4n) is 4.09. The zero-order valence-electron chi connectivity index (χ0n) is 19.0. The van der Waals surface area contributed by atoms with Gasteiger partial charge in [0, 0.05) is 32.3 Å². The minimum atomic E-state index is -0.404. The van der Waals surface area contributed by atoms with E-state index in [2.05, 4.69) is 0 Å². The van der Waals surface area contributed by atoms with Crippen molar-refractivity contribution in [3.8, 4) is 0 Å². The number of nitrogens with zero attached hydrogens (tertiary/aromatic N) is 3. The number of benzene rings is 2. The maximum atomic E-state index is 13.7. The topological polar surface area (TPSA) is 64.4 Å². The van der Waals surface area contributed by atoms with E-state index < -0.39 is 6.04 Å². The second-order valence-corrected chi connectivity index (χ2v) is 8.36. The minimum Gasteiger partial charge on any atom is -0.385 e. The van der Waals surface area contributed by atoms with Gasteiger partial charge in [0.25, 0.3) is 5.56 Å². The molecule has 1 amide bonds. The van der Waals surface area contributed by atoms with Crippen molar-refractivity contribution in [3.63, 3.8) is 0 Å². The number of hydrogen-bond acceptors (Lipinski definition) is 4. The van der Waals surface area contributed by atoms with E-state index in [0.29, 0.717) is 47.7 Å². The van der Waals surface area contributed by atoms with Crippen LogP contribution in [0.2, 0.25) is 5.02 Å². The third-order valence-electron chi connectivity index (χ3n) is 5.85. The monoisotopic (exact) mass is 455 g/mol. The van der Waals surface area contributed by atoms with Crippen LogP contribution in [-0.4, -0.2) is 40.6 Å². The van der Waals surface area contributed by atoms with E-state index in [1.165, 1.54) is 4.57 Å². The predicted octanol–water partition coefficient (Wildman–Crippen LogP) is 4.71. The van der Waals surface area contributed by atoms with E-state index in [-0.39, 0.29) is 17.4 Å². The molecule has 170 valence electrons. The van der Waals surface area contributed by atoms with Gasteiger partial charge < -0.3 is 9.64 Å². The van der Waals surface area contributed by atoms with Gasteiger partial charge in [0.05, 0.1) is 22.9 Å². The number of fused-ring (bicyclic) bond motifs is 1. The molecule has 2 unspecified atom stereocenters. The molecule has 0 bridgehead atoms. The molecule has 6 nitrogen and oxygen atoms in total. The van der Waals surface area contributed by atoms with Crippen LogP contribution < -0.4 is 5.56 Å². The lowest BCUT2D eigenvalue weighted by atomic mass is 9.94. The van der Waals surface area contributed by atoms with Crippen molar-refractivity contribution < 1.29 is 9.53 Å². The summed E-state index contributed by atoms with van der Waals surface area (Å²) in [6.45, 7) is 4.97. The normalized spacial score (nSPS) is 13.2.